The van der Waals surface area contributed by atoms with E-state index in [4.69, 9.17) is 16.3 Å². The molecule has 0 fully saturated rings. The number of carbonyl (C=O) groups excluding carboxylic acids is 1. The fourth-order valence-electron chi connectivity index (χ4n) is 1.96. The molecule has 0 radical (unpaired) electrons. The van der Waals surface area contributed by atoms with Crippen LogP contribution in [0.5, 0.6) is 5.75 Å². The molecule has 0 heterocycles. The molecule has 2 aromatic carbocycles. The van der Waals surface area contributed by atoms with Gasteiger partial charge in [-0.05, 0) is 52.7 Å². The monoisotopic (exact) mass is 367 g/mol. The van der Waals surface area contributed by atoms with Crippen molar-refractivity contribution < 1.29 is 9.53 Å². The van der Waals surface area contributed by atoms with E-state index in [0.717, 1.165) is 15.8 Å². The summed E-state index contributed by atoms with van der Waals surface area (Å²) in [5.41, 5.74) is 1.45. The van der Waals surface area contributed by atoms with Gasteiger partial charge in [0.05, 0.1) is 28.2 Å². The lowest BCUT2D eigenvalue weighted by molar-refractivity contribution is 0.0940. The van der Waals surface area contributed by atoms with Gasteiger partial charge in [0.1, 0.15) is 5.75 Å². The highest BCUT2D eigenvalue weighted by Gasteiger charge is 2.14. The van der Waals surface area contributed by atoms with Crippen molar-refractivity contribution >= 4 is 33.4 Å². The van der Waals surface area contributed by atoms with E-state index in [1.165, 1.54) is 0 Å². The SMILES string of the molecule is COc1ccc(C(C)NC(=O)c2ccccc2Cl)cc1Br. The summed E-state index contributed by atoms with van der Waals surface area (Å²) in [5, 5.41) is 3.38. The van der Waals surface area contributed by atoms with Crippen LogP contribution in [0, 0.1) is 0 Å². The van der Waals surface area contributed by atoms with Crippen molar-refractivity contribution in [3.63, 3.8) is 0 Å². The Morgan fingerprint density at radius 3 is 2.62 bits per heavy atom. The predicted molar refractivity (Wildman–Crippen MR) is 88.0 cm³/mol. The first kappa shape index (κ1) is 15.9. The molecule has 0 aliphatic rings. The van der Waals surface area contributed by atoms with Crippen LogP contribution < -0.4 is 10.1 Å². The second kappa shape index (κ2) is 6.96. The normalized spacial score (nSPS) is 11.8. The van der Waals surface area contributed by atoms with Gasteiger partial charge >= 0.3 is 0 Å². The number of methoxy groups -OCH3 is 1. The molecule has 21 heavy (non-hydrogen) atoms. The minimum atomic E-state index is -0.194. The molecule has 1 atom stereocenters. The summed E-state index contributed by atoms with van der Waals surface area (Å²) in [6.45, 7) is 1.92. The van der Waals surface area contributed by atoms with Crippen LogP contribution in [0.4, 0.5) is 0 Å². The second-order valence-corrected chi connectivity index (χ2v) is 5.83. The molecule has 0 aliphatic heterocycles. The van der Waals surface area contributed by atoms with Crippen LogP contribution in [-0.2, 0) is 0 Å². The summed E-state index contributed by atoms with van der Waals surface area (Å²) in [7, 11) is 1.61. The lowest BCUT2D eigenvalue weighted by Crippen LogP contribution is -2.26. The molecule has 2 rings (SSSR count). The predicted octanol–water partition coefficient (Wildman–Crippen LogP) is 4.60. The summed E-state index contributed by atoms with van der Waals surface area (Å²) in [4.78, 5) is 12.2. The maximum absolute atomic E-state index is 12.2. The Morgan fingerprint density at radius 1 is 1.29 bits per heavy atom. The number of benzene rings is 2. The molecule has 2 aromatic rings. The highest BCUT2D eigenvalue weighted by Crippen LogP contribution is 2.28. The van der Waals surface area contributed by atoms with Gasteiger partial charge in [0.2, 0.25) is 0 Å². The number of ether oxygens (including phenoxy) is 1. The first-order valence-electron chi connectivity index (χ1n) is 6.41. The van der Waals surface area contributed by atoms with Gasteiger partial charge in [0.25, 0.3) is 5.91 Å². The minimum Gasteiger partial charge on any atom is -0.496 e. The summed E-state index contributed by atoms with van der Waals surface area (Å²) in [5.74, 6) is 0.559. The van der Waals surface area contributed by atoms with Crippen LogP contribution in [0.15, 0.2) is 46.9 Å². The van der Waals surface area contributed by atoms with Gasteiger partial charge in [-0.3, -0.25) is 4.79 Å². The molecular weight excluding hydrogens is 354 g/mol. The summed E-state index contributed by atoms with van der Waals surface area (Å²) < 4.78 is 6.04. The van der Waals surface area contributed by atoms with Gasteiger partial charge in [0, 0.05) is 0 Å². The molecule has 1 unspecified atom stereocenters. The van der Waals surface area contributed by atoms with E-state index in [1.54, 1.807) is 31.4 Å². The van der Waals surface area contributed by atoms with Crippen molar-refractivity contribution in [3.8, 4) is 5.75 Å². The largest absolute Gasteiger partial charge is 0.496 e. The fraction of sp³-hybridized carbons (Fsp3) is 0.188. The zero-order valence-corrected chi connectivity index (χ0v) is 14.0. The maximum Gasteiger partial charge on any atom is 0.253 e. The van der Waals surface area contributed by atoms with E-state index in [2.05, 4.69) is 21.2 Å². The lowest BCUT2D eigenvalue weighted by atomic mass is 10.1. The molecule has 0 bridgehead atoms. The molecule has 3 nitrogen and oxygen atoms in total. The lowest BCUT2D eigenvalue weighted by Gasteiger charge is -2.16. The molecule has 0 saturated carbocycles. The molecule has 110 valence electrons. The van der Waals surface area contributed by atoms with E-state index >= 15 is 0 Å². The first-order chi connectivity index (χ1) is 10.0. The Labute approximate surface area is 137 Å². The quantitative estimate of drug-likeness (QED) is 0.856. The molecule has 0 saturated heterocycles. The van der Waals surface area contributed by atoms with Gasteiger partial charge in [-0.25, -0.2) is 0 Å². The zero-order chi connectivity index (χ0) is 15.4. The number of nitrogens with one attached hydrogen (secondary N) is 1. The number of halogens is 2. The van der Waals surface area contributed by atoms with E-state index in [9.17, 15) is 4.79 Å². The number of amides is 1. The van der Waals surface area contributed by atoms with Gasteiger partial charge in [-0.2, -0.15) is 0 Å². The molecule has 0 aliphatic carbocycles. The second-order valence-electron chi connectivity index (χ2n) is 4.57. The Hall–Kier alpha value is -1.52. The zero-order valence-electron chi connectivity index (χ0n) is 11.7. The summed E-state index contributed by atoms with van der Waals surface area (Å²) >= 11 is 9.47. The smallest absolute Gasteiger partial charge is 0.253 e. The van der Waals surface area contributed by atoms with Crippen LogP contribution in [0.3, 0.4) is 0 Å². The van der Waals surface area contributed by atoms with Crippen molar-refractivity contribution in [1.29, 1.82) is 0 Å². The highest BCUT2D eigenvalue weighted by molar-refractivity contribution is 9.10. The molecule has 1 N–H and O–H groups in total. The molecule has 0 spiro atoms. The van der Waals surface area contributed by atoms with Crippen molar-refractivity contribution in [3.05, 3.63) is 63.1 Å². The molecular formula is C16H15BrClNO2. The van der Waals surface area contributed by atoms with Gasteiger partial charge < -0.3 is 10.1 Å². The number of hydrogen-bond donors (Lipinski definition) is 1. The molecule has 1 amide bonds. The number of rotatable bonds is 4. The highest BCUT2D eigenvalue weighted by atomic mass is 79.9. The first-order valence-corrected chi connectivity index (χ1v) is 7.59. The third-order valence-electron chi connectivity index (χ3n) is 3.14. The van der Waals surface area contributed by atoms with E-state index in [1.807, 2.05) is 25.1 Å². The topological polar surface area (TPSA) is 38.3 Å². The third kappa shape index (κ3) is 3.77. The van der Waals surface area contributed by atoms with Crippen LogP contribution in [-0.4, -0.2) is 13.0 Å². The van der Waals surface area contributed by atoms with Gasteiger partial charge in [0.15, 0.2) is 0 Å². The Balaban J connectivity index is 2.14. The van der Waals surface area contributed by atoms with E-state index in [0.29, 0.717) is 10.6 Å². The van der Waals surface area contributed by atoms with Crippen LogP contribution in [0.1, 0.15) is 28.9 Å². The fourth-order valence-corrected chi connectivity index (χ4v) is 2.73. The maximum atomic E-state index is 12.2. The van der Waals surface area contributed by atoms with Crippen LogP contribution in [0.2, 0.25) is 5.02 Å². The summed E-state index contributed by atoms with van der Waals surface area (Å²) in [6, 6.07) is 12.5. The van der Waals surface area contributed by atoms with E-state index < -0.39 is 0 Å². The number of carbonyl (C=O) groups is 1. The standard InChI is InChI=1S/C16H15BrClNO2/c1-10(11-7-8-15(21-2)13(17)9-11)19-16(20)12-5-3-4-6-14(12)18/h3-10H,1-2H3,(H,19,20). The van der Waals surface area contributed by atoms with Crippen molar-refractivity contribution in [2.45, 2.75) is 13.0 Å². The average molecular weight is 369 g/mol. The third-order valence-corrected chi connectivity index (χ3v) is 4.09. The van der Waals surface area contributed by atoms with Gasteiger partial charge in [-0.15, -0.1) is 0 Å². The molecule has 5 heteroatoms. The Kier molecular flexibility index (Phi) is 5.26. The van der Waals surface area contributed by atoms with Crippen LogP contribution >= 0.6 is 27.5 Å². The molecule has 0 aromatic heterocycles. The Morgan fingerprint density at radius 2 is 2.00 bits per heavy atom. The van der Waals surface area contributed by atoms with Crippen molar-refractivity contribution in [1.82, 2.24) is 5.32 Å². The van der Waals surface area contributed by atoms with Gasteiger partial charge in [-0.1, -0.05) is 29.8 Å². The number of hydrogen-bond acceptors (Lipinski definition) is 2. The minimum absolute atomic E-state index is 0.143. The average Bonchev–Trinajstić information content (AvgIpc) is 2.47. The van der Waals surface area contributed by atoms with Crippen molar-refractivity contribution in [2.75, 3.05) is 7.11 Å². The summed E-state index contributed by atoms with van der Waals surface area (Å²) in [6.07, 6.45) is 0. The van der Waals surface area contributed by atoms with Crippen molar-refractivity contribution in [2.24, 2.45) is 0 Å². The Bertz CT molecular complexity index is 660. The van der Waals surface area contributed by atoms with Crippen LogP contribution in [0.25, 0.3) is 0 Å². The van der Waals surface area contributed by atoms with E-state index in [-0.39, 0.29) is 11.9 Å².